The number of carbonyl (C=O) groups is 2. The molecule has 10 heteroatoms. The van der Waals surface area contributed by atoms with E-state index in [0.717, 1.165) is 6.26 Å². The Labute approximate surface area is 144 Å². The number of nitrogens with one attached hydrogen (secondary N) is 2. The van der Waals surface area contributed by atoms with E-state index in [2.05, 4.69) is 10.0 Å². The Kier molecular flexibility index (Phi) is 5.55. The third-order valence-electron chi connectivity index (χ3n) is 3.57. The van der Waals surface area contributed by atoms with Gasteiger partial charge in [-0.2, -0.15) is 0 Å². The highest BCUT2D eigenvalue weighted by Gasteiger charge is 2.28. The van der Waals surface area contributed by atoms with Gasteiger partial charge < -0.3 is 15.3 Å². The number of benzene rings is 1. The first-order valence-electron chi connectivity index (χ1n) is 7.22. The number of nitrogens with zero attached hydrogens (tertiary/aromatic N) is 1. The van der Waals surface area contributed by atoms with Crippen LogP contribution in [0.25, 0.3) is 0 Å². The van der Waals surface area contributed by atoms with Gasteiger partial charge in [-0.15, -0.1) is 0 Å². The lowest BCUT2D eigenvalue weighted by atomic mass is 9.99. The normalized spacial score (nSPS) is 18.1. The molecule has 1 unspecified atom stereocenters. The highest BCUT2D eigenvalue weighted by molar-refractivity contribution is 7.92. The Morgan fingerprint density at radius 3 is 2.67 bits per heavy atom. The second-order valence-electron chi connectivity index (χ2n) is 5.62. The van der Waals surface area contributed by atoms with Gasteiger partial charge in [0.1, 0.15) is 0 Å². The van der Waals surface area contributed by atoms with Crippen LogP contribution in [0.15, 0.2) is 18.2 Å². The largest absolute Gasteiger partial charge is 0.481 e. The van der Waals surface area contributed by atoms with E-state index in [9.17, 15) is 18.0 Å². The molecule has 1 atom stereocenters. The number of piperidine rings is 1. The molecular weight excluding hydrogens is 358 g/mol. The number of aliphatic carboxylic acids is 1. The monoisotopic (exact) mass is 375 g/mol. The number of carboxylic acids is 1. The molecular formula is C14H18ClN3O5S. The molecule has 0 bridgehead atoms. The summed E-state index contributed by atoms with van der Waals surface area (Å²) in [6.45, 7) is 0.639. The smallest absolute Gasteiger partial charge is 0.321 e. The van der Waals surface area contributed by atoms with Crippen LogP contribution in [-0.4, -0.2) is 49.8 Å². The Morgan fingerprint density at radius 2 is 2.08 bits per heavy atom. The van der Waals surface area contributed by atoms with E-state index < -0.39 is 27.9 Å². The summed E-state index contributed by atoms with van der Waals surface area (Å²) >= 11 is 6.00. The highest BCUT2D eigenvalue weighted by Crippen LogP contribution is 2.26. The van der Waals surface area contributed by atoms with Crippen LogP contribution in [0.2, 0.25) is 5.02 Å². The van der Waals surface area contributed by atoms with Crippen molar-refractivity contribution in [3.8, 4) is 0 Å². The maximum atomic E-state index is 12.2. The fourth-order valence-electron chi connectivity index (χ4n) is 2.44. The van der Waals surface area contributed by atoms with Crippen molar-refractivity contribution in [1.82, 2.24) is 4.90 Å². The number of likely N-dealkylation sites (tertiary alicyclic amines) is 1. The molecule has 0 aromatic heterocycles. The molecule has 24 heavy (non-hydrogen) atoms. The summed E-state index contributed by atoms with van der Waals surface area (Å²) < 4.78 is 24.7. The molecule has 1 aliphatic heterocycles. The van der Waals surface area contributed by atoms with Crippen molar-refractivity contribution in [2.75, 3.05) is 29.4 Å². The van der Waals surface area contributed by atoms with Gasteiger partial charge in [0.05, 0.1) is 22.9 Å². The Hall–Kier alpha value is -2.00. The van der Waals surface area contributed by atoms with Crippen molar-refractivity contribution >= 4 is 45.0 Å². The molecule has 3 N–H and O–H groups in total. The second-order valence-corrected chi connectivity index (χ2v) is 7.78. The molecule has 1 saturated heterocycles. The maximum Gasteiger partial charge on any atom is 0.321 e. The quantitative estimate of drug-likeness (QED) is 0.744. The van der Waals surface area contributed by atoms with Crippen LogP contribution in [-0.2, 0) is 14.8 Å². The number of anilines is 2. The second kappa shape index (κ2) is 7.27. The van der Waals surface area contributed by atoms with Gasteiger partial charge in [0.15, 0.2) is 0 Å². The topological polar surface area (TPSA) is 116 Å². The Morgan fingerprint density at radius 1 is 1.38 bits per heavy atom. The van der Waals surface area contributed by atoms with Gasteiger partial charge in [-0.3, -0.25) is 9.52 Å². The summed E-state index contributed by atoms with van der Waals surface area (Å²) in [5.74, 6) is -1.47. The van der Waals surface area contributed by atoms with Gasteiger partial charge in [0.25, 0.3) is 0 Å². The molecule has 0 saturated carbocycles. The summed E-state index contributed by atoms with van der Waals surface area (Å²) in [6.07, 6.45) is 2.19. The van der Waals surface area contributed by atoms with E-state index >= 15 is 0 Å². The first-order valence-corrected chi connectivity index (χ1v) is 9.49. The average Bonchev–Trinajstić information content (AvgIpc) is 2.49. The van der Waals surface area contributed by atoms with E-state index in [1.54, 1.807) is 0 Å². The number of sulfonamides is 1. The number of rotatable bonds is 4. The summed E-state index contributed by atoms with van der Waals surface area (Å²) in [6, 6.07) is 3.96. The molecule has 1 heterocycles. The number of urea groups is 1. The number of hydrogen-bond donors (Lipinski definition) is 3. The lowest BCUT2D eigenvalue weighted by Crippen LogP contribution is -2.44. The van der Waals surface area contributed by atoms with Crippen LogP contribution in [0.3, 0.4) is 0 Å². The van der Waals surface area contributed by atoms with E-state index in [4.69, 9.17) is 16.7 Å². The van der Waals surface area contributed by atoms with Crippen LogP contribution in [0, 0.1) is 5.92 Å². The third kappa shape index (κ3) is 5.00. The summed E-state index contributed by atoms with van der Waals surface area (Å²) in [5, 5.41) is 11.8. The lowest BCUT2D eigenvalue weighted by Gasteiger charge is -2.30. The average molecular weight is 376 g/mol. The van der Waals surface area contributed by atoms with E-state index in [-0.39, 0.29) is 17.3 Å². The van der Waals surface area contributed by atoms with Crippen LogP contribution in [0.4, 0.5) is 16.2 Å². The fourth-order valence-corrected chi connectivity index (χ4v) is 3.30. The minimum absolute atomic E-state index is 0.139. The van der Waals surface area contributed by atoms with E-state index in [1.165, 1.54) is 23.1 Å². The number of carboxylic acid groups (broad SMARTS) is 1. The van der Waals surface area contributed by atoms with Crippen molar-refractivity contribution in [3.63, 3.8) is 0 Å². The van der Waals surface area contributed by atoms with Crippen molar-refractivity contribution in [2.24, 2.45) is 5.92 Å². The van der Waals surface area contributed by atoms with Gasteiger partial charge in [0, 0.05) is 18.8 Å². The van der Waals surface area contributed by atoms with Crippen molar-refractivity contribution < 1.29 is 23.1 Å². The molecule has 0 aliphatic carbocycles. The van der Waals surface area contributed by atoms with Gasteiger partial charge in [-0.05, 0) is 31.0 Å². The zero-order chi connectivity index (χ0) is 17.9. The van der Waals surface area contributed by atoms with E-state index in [0.29, 0.717) is 25.1 Å². The highest BCUT2D eigenvalue weighted by atomic mass is 35.5. The molecule has 1 aromatic carbocycles. The number of carbonyl (C=O) groups excluding carboxylic acids is 1. The van der Waals surface area contributed by atoms with Crippen molar-refractivity contribution in [1.29, 1.82) is 0 Å². The van der Waals surface area contributed by atoms with Crippen LogP contribution < -0.4 is 10.0 Å². The predicted molar refractivity (Wildman–Crippen MR) is 90.9 cm³/mol. The molecule has 0 spiro atoms. The van der Waals surface area contributed by atoms with Crippen molar-refractivity contribution in [3.05, 3.63) is 23.2 Å². The Bertz CT molecular complexity index is 753. The first-order chi connectivity index (χ1) is 11.2. The molecule has 0 radical (unpaired) electrons. The minimum Gasteiger partial charge on any atom is -0.481 e. The SMILES string of the molecule is CS(=O)(=O)Nc1ccc(NC(=O)N2CCCC(C(=O)O)C2)cc1Cl. The molecule has 1 fully saturated rings. The predicted octanol–water partition coefficient (Wildman–Crippen LogP) is 2.04. The first kappa shape index (κ1) is 18.3. The molecule has 8 nitrogen and oxygen atoms in total. The molecule has 1 aliphatic rings. The Balaban J connectivity index is 2.04. The van der Waals surface area contributed by atoms with Crippen LogP contribution in [0.5, 0.6) is 0 Å². The van der Waals surface area contributed by atoms with E-state index in [1.807, 2.05) is 0 Å². The summed E-state index contributed by atoms with van der Waals surface area (Å²) in [5.41, 5.74) is 0.600. The number of amides is 2. The van der Waals surface area contributed by atoms with Gasteiger partial charge in [-0.25, -0.2) is 13.2 Å². The fraction of sp³-hybridized carbons (Fsp3) is 0.429. The minimum atomic E-state index is -3.45. The maximum absolute atomic E-state index is 12.2. The van der Waals surface area contributed by atoms with Gasteiger partial charge in [0.2, 0.25) is 10.0 Å². The van der Waals surface area contributed by atoms with Gasteiger partial charge >= 0.3 is 12.0 Å². The van der Waals surface area contributed by atoms with Crippen LogP contribution in [0.1, 0.15) is 12.8 Å². The molecule has 132 valence electrons. The van der Waals surface area contributed by atoms with Crippen molar-refractivity contribution in [2.45, 2.75) is 12.8 Å². The standard InChI is InChI=1S/C14H18ClN3O5S/c1-24(22,23)17-12-5-4-10(7-11(12)15)16-14(21)18-6-2-3-9(8-18)13(19)20/h4-5,7,9,17H,2-3,6,8H2,1H3,(H,16,21)(H,19,20). The van der Waals surface area contributed by atoms with Gasteiger partial charge in [-0.1, -0.05) is 11.6 Å². The summed E-state index contributed by atoms with van der Waals surface area (Å²) in [7, 11) is -3.45. The summed E-state index contributed by atoms with van der Waals surface area (Å²) in [4.78, 5) is 24.7. The molecule has 1 aromatic rings. The van der Waals surface area contributed by atoms with Crippen LogP contribution >= 0.6 is 11.6 Å². The molecule has 2 rings (SSSR count). The molecule has 2 amide bonds. The zero-order valence-corrected chi connectivity index (χ0v) is 14.5. The number of hydrogen-bond acceptors (Lipinski definition) is 4. The number of halogens is 1. The lowest BCUT2D eigenvalue weighted by molar-refractivity contribution is -0.143. The zero-order valence-electron chi connectivity index (χ0n) is 13.0. The third-order valence-corrected chi connectivity index (χ3v) is 4.48.